The number of halogens is 1. The number of benzene rings is 1. The third kappa shape index (κ3) is 8.24. The molecule has 0 aliphatic rings. The van der Waals surface area contributed by atoms with Crippen LogP contribution >= 0.6 is 24.0 Å². The van der Waals surface area contributed by atoms with Crippen molar-refractivity contribution in [1.29, 1.82) is 0 Å². The molecular formula is C18H32IN3O4S2. The van der Waals surface area contributed by atoms with E-state index in [1.165, 1.54) is 6.26 Å². The second-order valence-corrected chi connectivity index (χ2v) is 12.3. The molecule has 0 unspecified atom stereocenters. The number of nitrogens with zero attached hydrogens (tertiary/aromatic N) is 1. The molecule has 0 fully saturated rings. The second-order valence-electron chi connectivity index (χ2n) is 7.43. The van der Waals surface area contributed by atoms with Crippen molar-refractivity contribution in [1.82, 2.24) is 10.6 Å². The van der Waals surface area contributed by atoms with Gasteiger partial charge in [-0.25, -0.2) is 21.8 Å². The van der Waals surface area contributed by atoms with E-state index < -0.39 is 24.4 Å². The number of aryl methyl sites for hydroxylation is 1. The summed E-state index contributed by atoms with van der Waals surface area (Å²) in [5, 5.41) is 6.11. The monoisotopic (exact) mass is 545 g/mol. The van der Waals surface area contributed by atoms with Gasteiger partial charge in [0.05, 0.1) is 21.9 Å². The molecule has 0 saturated heterocycles. The Morgan fingerprint density at radius 2 is 1.71 bits per heavy atom. The van der Waals surface area contributed by atoms with Crippen molar-refractivity contribution < 1.29 is 16.8 Å². The summed E-state index contributed by atoms with van der Waals surface area (Å²) in [5.41, 5.74) is 1.55. The number of nitrogens with one attached hydrogen (secondary N) is 2. The fourth-order valence-electron chi connectivity index (χ4n) is 2.35. The van der Waals surface area contributed by atoms with Gasteiger partial charge >= 0.3 is 0 Å². The first-order valence-electron chi connectivity index (χ1n) is 8.82. The van der Waals surface area contributed by atoms with Crippen LogP contribution in [0.25, 0.3) is 0 Å². The van der Waals surface area contributed by atoms with Crippen molar-refractivity contribution in [2.75, 3.05) is 25.1 Å². The van der Waals surface area contributed by atoms with Crippen molar-refractivity contribution in [2.45, 2.75) is 50.8 Å². The first-order valence-corrected chi connectivity index (χ1v) is 12.4. The molecule has 0 bridgehead atoms. The van der Waals surface area contributed by atoms with Crippen LogP contribution in [0.1, 0.15) is 38.8 Å². The lowest BCUT2D eigenvalue weighted by Crippen LogP contribution is -2.41. The molecule has 0 amide bonds. The van der Waals surface area contributed by atoms with Crippen LogP contribution in [-0.4, -0.2) is 52.6 Å². The van der Waals surface area contributed by atoms with Gasteiger partial charge in [-0.2, -0.15) is 0 Å². The van der Waals surface area contributed by atoms with Gasteiger partial charge in [-0.15, -0.1) is 24.0 Å². The highest BCUT2D eigenvalue weighted by Crippen LogP contribution is 2.17. The Hall–Kier alpha value is -0.880. The van der Waals surface area contributed by atoms with Gasteiger partial charge in [0.15, 0.2) is 25.6 Å². The van der Waals surface area contributed by atoms with E-state index in [1.807, 2.05) is 6.92 Å². The van der Waals surface area contributed by atoms with Crippen LogP contribution in [0.4, 0.5) is 0 Å². The normalized spacial score (nSPS) is 13.0. The van der Waals surface area contributed by atoms with Crippen LogP contribution in [0.2, 0.25) is 0 Å². The number of hydrogen-bond donors (Lipinski definition) is 2. The van der Waals surface area contributed by atoms with Gasteiger partial charge in [0.2, 0.25) is 0 Å². The largest absolute Gasteiger partial charge is 0.357 e. The molecule has 0 spiro atoms. The minimum atomic E-state index is -3.25. The van der Waals surface area contributed by atoms with E-state index in [9.17, 15) is 16.8 Å². The summed E-state index contributed by atoms with van der Waals surface area (Å²) in [4.78, 5) is 4.76. The number of aliphatic imine (C=N–C) groups is 1. The van der Waals surface area contributed by atoms with Crippen molar-refractivity contribution in [3.05, 3.63) is 29.3 Å². The molecule has 10 heteroatoms. The standard InChI is InChI=1S/C18H31N3O4S2.HI/c1-7-19-17(20-10-11-27(24,25)18(3,4)5)21-13-15-8-9-16(14(2)12-15)26(6,22)23;/h8-9,12H,7,10-11,13H2,1-6H3,(H2,19,20,21);1H. The Bertz CT molecular complexity index is 890. The number of rotatable bonds is 7. The SMILES string of the molecule is CCNC(=NCc1ccc(S(C)(=O)=O)c(C)c1)NCCS(=O)(=O)C(C)(C)C.I. The van der Waals surface area contributed by atoms with Gasteiger partial charge in [-0.05, 0) is 51.8 Å². The molecule has 1 aromatic rings. The van der Waals surface area contributed by atoms with Gasteiger partial charge in [-0.1, -0.05) is 12.1 Å². The predicted molar refractivity (Wildman–Crippen MR) is 126 cm³/mol. The molecule has 0 aliphatic heterocycles. The van der Waals surface area contributed by atoms with Crippen LogP contribution < -0.4 is 10.6 Å². The van der Waals surface area contributed by atoms with Crippen molar-refractivity contribution in [2.24, 2.45) is 4.99 Å². The number of guanidine groups is 1. The summed E-state index contributed by atoms with van der Waals surface area (Å²) >= 11 is 0. The smallest absolute Gasteiger partial charge is 0.191 e. The molecular weight excluding hydrogens is 513 g/mol. The molecule has 162 valence electrons. The molecule has 0 saturated carbocycles. The lowest BCUT2D eigenvalue weighted by molar-refractivity contribution is 0.559. The summed E-state index contributed by atoms with van der Waals surface area (Å²) in [5.74, 6) is 0.537. The van der Waals surface area contributed by atoms with E-state index in [0.717, 1.165) is 5.56 Å². The fraction of sp³-hybridized carbons (Fsp3) is 0.611. The van der Waals surface area contributed by atoms with Crippen LogP contribution in [0, 0.1) is 6.92 Å². The molecule has 0 aromatic heterocycles. The Morgan fingerprint density at radius 1 is 1.11 bits per heavy atom. The minimum Gasteiger partial charge on any atom is -0.357 e. The van der Waals surface area contributed by atoms with Gasteiger partial charge < -0.3 is 10.6 Å². The maximum absolute atomic E-state index is 12.2. The van der Waals surface area contributed by atoms with Crippen LogP contribution in [0.15, 0.2) is 28.1 Å². The Balaban J connectivity index is 0.00000729. The maximum Gasteiger partial charge on any atom is 0.191 e. The van der Waals surface area contributed by atoms with E-state index in [-0.39, 0.29) is 36.3 Å². The van der Waals surface area contributed by atoms with E-state index in [4.69, 9.17) is 0 Å². The molecule has 0 heterocycles. The third-order valence-corrected chi connectivity index (χ3v) is 7.86. The summed E-state index contributed by atoms with van der Waals surface area (Å²) < 4.78 is 46.9. The summed E-state index contributed by atoms with van der Waals surface area (Å²) in [7, 11) is -6.45. The minimum absolute atomic E-state index is 0. The van der Waals surface area contributed by atoms with E-state index in [0.29, 0.717) is 29.5 Å². The van der Waals surface area contributed by atoms with E-state index >= 15 is 0 Å². The quantitative estimate of drug-likeness (QED) is 0.310. The average Bonchev–Trinajstić information content (AvgIpc) is 2.50. The highest BCUT2D eigenvalue weighted by Gasteiger charge is 2.28. The van der Waals surface area contributed by atoms with Gasteiger partial charge in [0, 0.05) is 19.3 Å². The first-order chi connectivity index (χ1) is 12.3. The Kier molecular flexibility index (Phi) is 10.4. The van der Waals surface area contributed by atoms with Crippen molar-refractivity contribution in [3.63, 3.8) is 0 Å². The molecule has 0 atom stereocenters. The van der Waals surface area contributed by atoms with Crippen molar-refractivity contribution in [3.8, 4) is 0 Å². The van der Waals surface area contributed by atoms with Crippen LogP contribution in [0.3, 0.4) is 0 Å². The predicted octanol–water partition coefficient (Wildman–Crippen LogP) is 2.28. The van der Waals surface area contributed by atoms with Crippen LogP contribution in [0.5, 0.6) is 0 Å². The van der Waals surface area contributed by atoms with Crippen molar-refractivity contribution >= 4 is 49.6 Å². The second kappa shape index (κ2) is 10.8. The summed E-state index contributed by atoms with van der Waals surface area (Å²) in [6.45, 7) is 9.99. The van der Waals surface area contributed by atoms with Gasteiger partial charge in [-0.3, -0.25) is 0 Å². The summed E-state index contributed by atoms with van der Waals surface area (Å²) in [6.07, 6.45) is 1.19. The molecule has 1 aromatic carbocycles. The van der Waals surface area contributed by atoms with Crippen LogP contribution in [-0.2, 0) is 26.2 Å². The lowest BCUT2D eigenvalue weighted by Gasteiger charge is -2.19. The highest BCUT2D eigenvalue weighted by atomic mass is 127. The lowest BCUT2D eigenvalue weighted by atomic mass is 10.1. The molecule has 2 N–H and O–H groups in total. The molecule has 1 rings (SSSR count). The molecule has 7 nitrogen and oxygen atoms in total. The molecule has 28 heavy (non-hydrogen) atoms. The highest BCUT2D eigenvalue weighted by molar-refractivity contribution is 14.0. The first kappa shape index (κ1) is 27.1. The zero-order chi connectivity index (χ0) is 20.9. The number of sulfone groups is 2. The average molecular weight is 546 g/mol. The Labute approximate surface area is 186 Å². The Morgan fingerprint density at radius 3 is 2.18 bits per heavy atom. The number of hydrogen-bond acceptors (Lipinski definition) is 5. The molecule has 0 aliphatic carbocycles. The fourth-order valence-corrected chi connectivity index (χ4v) is 4.29. The zero-order valence-corrected chi connectivity index (χ0v) is 21.3. The third-order valence-electron chi connectivity index (χ3n) is 4.00. The summed E-state index contributed by atoms with van der Waals surface area (Å²) in [6, 6.07) is 5.12. The topological polar surface area (TPSA) is 105 Å². The van der Waals surface area contributed by atoms with E-state index in [2.05, 4.69) is 15.6 Å². The van der Waals surface area contributed by atoms with E-state index in [1.54, 1.807) is 45.9 Å². The zero-order valence-electron chi connectivity index (χ0n) is 17.4. The maximum atomic E-state index is 12.2. The van der Waals surface area contributed by atoms with Gasteiger partial charge in [0.1, 0.15) is 0 Å². The van der Waals surface area contributed by atoms with Gasteiger partial charge in [0.25, 0.3) is 0 Å². The molecule has 0 radical (unpaired) electrons.